The van der Waals surface area contributed by atoms with Crippen LogP contribution in [-0.2, 0) is 6.42 Å². The molecular weight excluding hydrogens is 430 g/mol. The zero-order valence-corrected chi connectivity index (χ0v) is 18.4. The Labute approximate surface area is 190 Å². The monoisotopic (exact) mass is 451 g/mol. The molecule has 2 heterocycles. The molecule has 0 saturated heterocycles. The smallest absolute Gasteiger partial charge is 0.270 e. The van der Waals surface area contributed by atoms with Gasteiger partial charge in [0.15, 0.2) is 17.3 Å². The zero-order valence-electron chi connectivity index (χ0n) is 17.7. The second-order valence-corrected chi connectivity index (χ2v) is 7.36. The first-order valence-corrected chi connectivity index (χ1v) is 10.4. The van der Waals surface area contributed by atoms with E-state index >= 15 is 0 Å². The maximum absolute atomic E-state index is 13.1. The van der Waals surface area contributed by atoms with Gasteiger partial charge < -0.3 is 19.2 Å². The molecule has 0 unspecified atom stereocenters. The average molecular weight is 452 g/mol. The summed E-state index contributed by atoms with van der Waals surface area (Å²) < 4.78 is 17.6. The van der Waals surface area contributed by atoms with E-state index in [0.29, 0.717) is 52.3 Å². The van der Waals surface area contributed by atoms with Gasteiger partial charge in [-0.25, -0.2) is 4.68 Å². The van der Waals surface area contributed by atoms with Crippen molar-refractivity contribution < 1.29 is 18.7 Å². The highest BCUT2D eigenvalue weighted by Crippen LogP contribution is 2.28. The fraction of sp³-hybridized carbons (Fsp3) is 0.167. The minimum absolute atomic E-state index is 0.268. The van der Waals surface area contributed by atoms with Crippen LogP contribution < -0.4 is 14.8 Å². The third kappa shape index (κ3) is 4.48. The van der Waals surface area contributed by atoms with Crippen LogP contribution in [0, 0.1) is 0 Å². The van der Waals surface area contributed by atoms with Crippen molar-refractivity contribution in [1.82, 2.24) is 15.1 Å². The molecule has 0 atom stereocenters. The third-order valence-corrected chi connectivity index (χ3v) is 5.26. The first kappa shape index (κ1) is 21.5. The highest BCUT2D eigenvalue weighted by Gasteiger charge is 2.20. The predicted octanol–water partition coefficient (Wildman–Crippen LogP) is 4.78. The summed E-state index contributed by atoms with van der Waals surface area (Å²) >= 11 is 6.37. The summed E-state index contributed by atoms with van der Waals surface area (Å²) in [6, 6.07) is 18.2. The molecule has 7 nitrogen and oxygen atoms in total. The number of amides is 1. The molecule has 0 aliphatic heterocycles. The number of ether oxygens (including phenoxy) is 2. The number of nitrogens with zero attached hydrogens (tertiary/aromatic N) is 2. The number of hydrogen-bond acceptors (Lipinski definition) is 5. The summed E-state index contributed by atoms with van der Waals surface area (Å²) in [4.78, 5) is 13.1. The standard InChI is InChI=1S/C24H22ClN3O4/c1-30-22-10-9-16(14-23(22)31-2)11-12-26-24(29)20-15-18(21-8-5-13-32-21)27-28(20)19-7-4-3-6-17(19)25/h3-10,13-15H,11-12H2,1-2H3,(H,26,29). The zero-order chi connectivity index (χ0) is 22.5. The molecule has 0 aliphatic carbocycles. The number of carbonyl (C=O) groups excluding carboxylic acids is 1. The van der Waals surface area contributed by atoms with E-state index in [2.05, 4.69) is 10.4 Å². The van der Waals surface area contributed by atoms with Gasteiger partial charge in [0.1, 0.15) is 11.4 Å². The Morgan fingerprint density at radius 2 is 1.88 bits per heavy atom. The van der Waals surface area contributed by atoms with Crippen molar-refractivity contribution in [2.24, 2.45) is 0 Å². The minimum Gasteiger partial charge on any atom is -0.493 e. The Morgan fingerprint density at radius 3 is 2.59 bits per heavy atom. The second-order valence-electron chi connectivity index (χ2n) is 6.95. The molecule has 0 aliphatic rings. The van der Waals surface area contributed by atoms with Gasteiger partial charge in [0.2, 0.25) is 0 Å². The van der Waals surface area contributed by atoms with E-state index in [1.54, 1.807) is 44.7 Å². The van der Waals surface area contributed by atoms with Crippen molar-refractivity contribution >= 4 is 17.5 Å². The summed E-state index contributed by atoms with van der Waals surface area (Å²) in [6.07, 6.45) is 2.18. The number of para-hydroxylation sites is 1. The quantitative estimate of drug-likeness (QED) is 0.417. The Hall–Kier alpha value is -3.71. The van der Waals surface area contributed by atoms with E-state index in [9.17, 15) is 4.79 Å². The molecule has 164 valence electrons. The summed E-state index contributed by atoms with van der Waals surface area (Å²) in [6.45, 7) is 0.429. The summed E-state index contributed by atoms with van der Waals surface area (Å²) in [7, 11) is 3.19. The lowest BCUT2D eigenvalue weighted by Gasteiger charge is -2.11. The van der Waals surface area contributed by atoms with Gasteiger partial charge in [-0.05, 0) is 48.4 Å². The number of hydrogen-bond donors (Lipinski definition) is 1. The maximum atomic E-state index is 13.1. The summed E-state index contributed by atoms with van der Waals surface area (Å²) in [5.41, 5.74) is 2.52. The molecular formula is C24H22ClN3O4. The predicted molar refractivity (Wildman–Crippen MR) is 122 cm³/mol. The van der Waals surface area contributed by atoms with Crippen LogP contribution in [0.15, 0.2) is 71.3 Å². The number of nitrogens with one attached hydrogen (secondary N) is 1. The van der Waals surface area contributed by atoms with Crippen molar-refractivity contribution in [2.75, 3.05) is 20.8 Å². The molecule has 4 rings (SSSR count). The van der Waals surface area contributed by atoms with Crippen LogP contribution in [0.5, 0.6) is 11.5 Å². The number of carbonyl (C=O) groups is 1. The molecule has 32 heavy (non-hydrogen) atoms. The molecule has 0 saturated carbocycles. The number of benzene rings is 2. The van der Waals surface area contributed by atoms with Crippen molar-refractivity contribution in [1.29, 1.82) is 0 Å². The maximum Gasteiger partial charge on any atom is 0.270 e. The fourth-order valence-corrected chi connectivity index (χ4v) is 3.56. The van der Waals surface area contributed by atoms with Gasteiger partial charge in [0.25, 0.3) is 5.91 Å². The average Bonchev–Trinajstić information content (AvgIpc) is 3.49. The Morgan fingerprint density at radius 1 is 1.06 bits per heavy atom. The molecule has 2 aromatic heterocycles. The number of methoxy groups -OCH3 is 2. The second kappa shape index (κ2) is 9.62. The molecule has 8 heteroatoms. The van der Waals surface area contributed by atoms with Crippen molar-refractivity contribution in [2.45, 2.75) is 6.42 Å². The van der Waals surface area contributed by atoms with E-state index in [1.807, 2.05) is 36.4 Å². The largest absolute Gasteiger partial charge is 0.493 e. The van der Waals surface area contributed by atoms with E-state index in [1.165, 1.54) is 4.68 Å². The van der Waals surface area contributed by atoms with E-state index < -0.39 is 0 Å². The highest BCUT2D eigenvalue weighted by atomic mass is 35.5. The van der Waals surface area contributed by atoms with Gasteiger partial charge in [0.05, 0.1) is 31.2 Å². The minimum atomic E-state index is -0.268. The number of halogens is 1. The van der Waals surface area contributed by atoms with Crippen molar-refractivity contribution in [3.8, 4) is 28.6 Å². The van der Waals surface area contributed by atoms with Crippen molar-refractivity contribution in [3.05, 3.63) is 83.2 Å². The summed E-state index contributed by atoms with van der Waals surface area (Å²) in [5, 5.41) is 8.00. The van der Waals surface area contributed by atoms with Crippen LogP contribution in [0.2, 0.25) is 5.02 Å². The lowest BCUT2D eigenvalue weighted by molar-refractivity contribution is 0.0946. The van der Waals surface area contributed by atoms with Crippen LogP contribution in [0.4, 0.5) is 0 Å². The Balaban J connectivity index is 1.55. The van der Waals surface area contributed by atoms with Gasteiger partial charge in [-0.1, -0.05) is 29.8 Å². The third-order valence-electron chi connectivity index (χ3n) is 4.94. The first-order chi connectivity index (χ1) is 15.6. The molecule has 1 amide bonds. The Bertz CT molecular complexity index is 1220. The number of aromatic nitrogens is 2. The van der Waals surface area contributed by atoms with Gasteiger partial charge >= 0.3 is 0 Å². The molecule has 0 radical (unpaired) electrons. The molecule has 4 aromatic rings. The van der Waals surface area contributed by atoms with Gasteiger partial charge in [-0.3, -0.25) is 4.79 Å². The van der Waals surface area contributed by atoms with Gasteiger partial charge in [-0.2, -0.15) is 5.10 Å². The molecule has 1 N–H and O–H groups in total. The molecule has 0 spiro atoms. The lowest BCUT2D eigenvalue weighted by Crippen LogP contribution is -2.28. The fourth-order valence-electron chi connectivity index (χ4n) is 3.34. The van der Waals surface area contributed by atoms with E-state index in [4.69, 9.17) is 25.5 Å². The van der Waals surface area contributed by atoms with Crippen LogP contribution >= 0.6 is 11.6 Å². The molecule has 0 bridgehead atoms. The molecule has 2 aromatic carbocycles. The van der Waals surface area contributed by atoms with Crippen molar-refractivity contribution in [3.63, 3.8) is 0 Å². The molecule has 0 fully saturated rings. The lowest BCUT2D eigenvalue weighted by atomic mass is 10.1. The Kier molecular flexibility index (Phi) is 6.47. The van der Waals surface area contributed by atoms with Gasteiger partial charge in [0, 0.05) is 12.6 Å². The van der Waals surface area contributed by atoms with Crippen LogP contribution in [-0.4, -0.2) is 36.5 Å². The topological polar surface area (TPSA) is 78.5 Å². The number of rotatable bonds is 8. The van der Waals surface area contributed by atoms with Crippen LogP contribution in [0.1, 0.15) is 16.1 Å². The normalized spacial score (nSPS) is 10.7. The first-order valence-electron chi connectivity index (χ1n) is 9.98. The number of furan rings is 1. The van der Waals surface area contributed by atoms with E-state index in [0.717, 1.165) is 5.56 Å². The van der Waals surface area contributed by atoms with Crippen LogP contribution in [0.25, 0.3) is 17.1 Å². The highest BCUT2D eigenvalue weighted by molar-refractivity contribution is 6.32. The van der Waals surface area contributed by atoms with E-state index in [-0.39, 0.29) is 5.91 Å². The SMILES string of the molecule is COc1ccc(CCNC(=O)c2cc(-c3ccco3)nn2-c2ccccc2Cl)cc1OC. The van der Waals surface area contributed by atoms with Gasteiger partial charge in [-0.15, -0.1) is 0 Å². The summed E-state index contributed by atoms with van der Waals surface area (Å²) in [5.74, 6) is 1.61. The van der Waals surface area contributed by atoms with Crippen LogP contribution in [0.3, 0.4) is 0 Å².